The number of hydrogen-bond donors (Lipinski definition) is 1. The number of hydrogen-bond acceptors (Lipinski definition) is 2. The molecule has 3 rings (SSSR count). The first kappa shape index (κ1) is 15.1. The first-order valence-electron chi connectivity index (χ1n) is 7.32. The number of halogens is 1. The smallest absolute Gasteiger partial charge is 0.337 e. The van der Waals surface area contributed by atoms with E-state index in [0.29, 0.717) is 17.8 Å². The minimum atomic E-state index is -0.950. The van der Waals surface area contributed by atoms with Gasteiger partial charge in [0, 0.05) is 23.7 Å². The van der Waals surface area contributed by atoms with Crippen LogP contribution in [-0.4, -0.2) is 15.6 Å². The molecule has 0 bridgehead atoms. The highest BCUT2D eigenvalue weighted by Crippen LogP contribution is 2.26. The van der Waals surface area contributed by atoms with Gasteiger partial charge in [-0.3, -0.25) is 0 Å². The molecule has 0 saturated carbocycles. The molecule has 2 aromatic carbocycles. The maximum Gasteiger partial charge on any atom is 0.337 e. The highest BCUT2D eigenvalue weighted by molar-refractivity contribution is 6.03. The molecule has 0 saturated heterocycles. The molecular weight excluding hydrogens is 297 g/mol. The number of aromatic carboxylic acids is 1. The lowest BCUT2D eigenvalue weighted by Crippen LogP contribution is -2.01. The van der Waals surface area contributed by atoms with Gasteiger partial charge in [0.25, 0.3) is 0 Å². The van der Waals surface area contributed by atoms with Gasteiger partial charge in [-0.15, -0.1) is 0 Å². The fourth-order valence-electron chi connectivity index (χ4n) is 2.66. The van der Waals surface area contributed by atoms with E-state index in [-0.39, 0.29) is 18.0 Å². The van der Waals surface area contributed by atoms with Crippen molar-refractivity contribution in [3.63, 3.8) is 0 Å². The monoisotopic (exact) mass is 313 g/mol. The number of carboxylic acid groups (broad SMARTS) is 1. The summed E-state index contributed by atoms with van der Waals surface area (Å²) >= 11 is 0. The van der Waals surface area contributed by atoms with E-state index >= 15 is 0 Å². The molecule has 0 aliphatic rings. The van der Waals surface area contributed by atoms with Crippen LogP contribution < -0.4 is 4.74 Å². The number of para-hydroxylation sites is 1. The van der Waals surface area contributed by atoms with E-state index in [2.05, 4.69) is 0 Å². The number of aryl methyl sites for hydroxylation is 1. The van der Waals surface area contributed by atoms with Crippen molar-refractivity contribution >= 4 is 16.9 Å². The van der Waals surface area contributed by atoms with Crippen LogP contribution in [0.15, 0.2) is 48.7 Å². The molecule has 118 valence electrons. The van der Waals surface area contributed by atoms with Crippen LogP contribution in [0, 0.1) is 5.82 Å². The summed E-state index contributed by atoms with van der Waals surface area (Å²) in [5.74, 6) is -0.696. The van der Waals surface area contributed by atoms with Gasteiger partial charge >= 0.3 is 5.97 Å². The predicted molar refractivity (Wildman–Crippen MR) is 85.3 cm³/mol. The molecule has 0 spiro atoms. The summed E-state index contributed by atoms with van der Waals surface area (Å²) in [4.78, 5) is 11.4. The largest absolute Gasteiger partial charge is 0.489 e. The van der Waals surface area contributed by atoms with Crippen molar-refractivity contribution in [3.05, 3.63) is 65.6 Å². The van der Waals surface area contributed by atoms with E-state index in [9.17, 15) is 14.3 Å². The number of fused-ring (bicyclic) bond motifs is 1. The average molecular weight is 313 g/mol. The van der Waals surface area contributed by atoms with E-state index in [4.69, 9.17) is 4.74 Å². The van der Waals surface area contributed by atoms with Gasteiger partial charge in [0.05, 0.1) is 11.1 Å². The Labute approximate surface area is 132 Å². The molecule has 1 aromatic heterocycles. The SMILES string of the molecule is CCn1cc(COc2ccc(F)cc2)c2cccc(C(=O)O)c21. The lowest BCUT2D eigenvalue weighted by Gasteiger charge is -2.05. The molecule has 1 N–H and O–H groups in total. The van der Waals surface area contributed by atoms with Crippen molar-refractivity contribution in [2.24, 2.45) is 0 Å². The van der Waals surface area contributed by atoms with Crippen molar-refractivity contribution in [1.82, 2.24) is 4.57 Å². The Morgan fingerprint density at radius 1 is 1.22 bits per heavy atom. The topological polar surface area (TPSA) is 51.5 Å². The first-order valence-corrected chi connectivity index (χ1v) is 7.32. The van der Waals surface area contributed by atoms with Gasteiger partial charge in [0.15, 0.2) is 0 Å². The highest BCUT2D eigenvalue weighted by atomic mass is 19.1. The lowest BCUT2D eigenvalue weighted by atomic mass is 10.1. The molecule has 23 heavy (non-hydrogen) atoms. The van der Waals surface area contributed by atoms with Crippen molar-refractivity contribution in [2.45, 2.75) is 20.1 Å². The molecule has 1 heterocycles. The number of nitrogens with zero attached hydrogens (tertiary/aromatic N) is 1. The Hall–Kier alpha value is -2.82. The summed E-state index contributed by atoms with van der Waals surface area (Å²) < 4.78 is 20.5. The third-order valence-corrected chi connectivity index (χ3v) is 3.76. The molecule has 0 unspecified atom stereocenters. The number of carboxylic acids is 1. The van der Waals surface area contributed by atoms with E-state index < -0.39 is 5.97 Å². The summed E-state index contributed by atoms with van der Waals surface area (Å²) in [7, 11) is 0. The third kappa shape index (κ3) is 2.90. The highest BCUT2D eigenvalue weighted by Gasteiger charge is 2.15. The van der Waals surface area contributed by atoms with Crippen molar-refractivity contribution < 1.29 is 19.0 Å². The molecule has 0 fully saturated rings. The number of ether oxygens (including phenoxy) is 1. The Balaban J connectivity index is 1.96. The Kier molecular flexibility index (Phi) is 4.02. The van der Waals surface area contributed by atoms with Crippen LogP contribution in [0.5, 0.6) is 5.75 Å². The van der Waals surface area contributed by atoms with Crippen molar-refractivity contribution in [2.75, 3.05) is 0 Å². The fraction of sp³-hybridized carbons (Fsp3) is 0.167. The Morgan fingerprint density at radius 3 is 2.61 bits per heavy atom. The van der Waals surface area contributed by atoms with Crippen LogP contribution in [0.1, 0.15) is 22.8 Å². The van der Waals surface area contributed by atoms with Gasteiger partial charge in [0.2, 0.25) is 0 Å². The van der Waals surface area contributed by atoms with E-state index in [1.807, 2.05) is 23.8 Å². The molecule has 0 aliphatic heterocycles. The fourth-order valence-corrected chi connectivity index (χ4v) is 2.66. The molecular formula is C18H16FNO3. The summed E-state index contributed by atoms with van der Waals surface area (Å²) in [6.45, 7) is 2.91. The molecule has 5 heteroatoms. The first-order chi connectivity index (χ1) is 11.1. The predicted octanol–water partition coefficient (Wildman–Crippen LogP) is 4.08. The molecule has 0 aliphatic carbocycles. The lowest BCUT2D eigenvalue weighted by molar-refractivity contribution is 0.0698. The van der Waals surface area contributed by atoms with Gasteiger partial charge in [-0.05, 0) is 37.3 Å². The van der Waals surface area contributed by atoms with Gasteiger partial charge < -0.3 is 14.4 Å². The van der Waals surface area contributed by atoms with E-state index in [0.717, 1.165) is 10.9 Å². The summed E-state index contributed by atoms with van der Waals surface area (Å²) in [5, 5.41) is 10.2. The quantitative estimate of drug-likeness (QED) is 0.772. The van der Waals surface area contributed by atoms with Crippen LogP contribution >= 0.6 is 0 Å². The third-order valence-electron chi connectivity index (χ3n) is 3.76. The van der Waals surface area contributed by atoms with Crippen LogP contribution in [-0.2, 0) is 13.2 Å². The summed E-state index contributed by atoms with van der Waals surface area (Å²) in [5.41, 5.74) is 1.87. The zero-order valence-corrected chi connectivity index (χ0v) is 12.6. The number of carbonyl (C=O) groups is 1. The van der Waals surface area contributed by atoms with Crippen LogP contribution in [0.3, 0.4) is 0 Å². The van der Waals surface area contributed by atoms with Crippen LogP contribution in [0.25, 0.3) is 10.9 Å². The van der Waals surface area contributed by atoms with E-state index in [1.165, 1.54) is 12.1 Å². The Morgan fingerprint density at radius 2 is 1.96 bits per heavy atom. The molecule has 4 nitrogen and oxygen atoms in total. The van der Waals surface area contributed by atoms with Gasteiger partial charge in [-0.1, -0.05) is 12.1 Å². The number of rotatable bonds is 5. The normalized spacial score (nSPS) is 10.9. The standard InChI is InChI=1S/C18H16FNO3/c1-2-20-10-12(11-23-14-8-6-13(19)7-9-14)15-4-3-5-16(17(15)20)18(21)22/h3-10H,2,11H2,1H3,(H,21,22). The minimum absolute atomic E-state index is 0.275. The second-order valence-electron chi connectivity index (χ2n) is 5.19. The van der Waals surface area contributed by atoms with Gasteiger partial charge in [-0.25, -0.2) is 9.18 Å². The van der Waals surface area contributed by atoms with Crippen LogP contribution in [0.2, 0.25) is 0 Å². The molecule has 0 atom stereocenters. The summed E-state index contributed by atoms with van der Waals surface area (Å²) in [6.07, 6.45) is 1.90. The Bertz CT molecular complexity index is 853. The number of aromatic nitrogens is 1. The maximum absolute atomic E-state index is 12.9. The summed E-state index contributed by atoms with van der Waals surface area (Å²) in [6, 6.07) is 11.0. The van der Waals surface area contributed by atoms with Crippen molar-refractivity contribution in [1.29, 1.82) is 0 Å². The maximum atomic E-state index is 12.9. The van der Waals surface area contributed by atoms with E-state index in [1.54, 1.807) is 24.3 Å². The van der Waals surface area contributed by atoms with Crippen LogP contribution in [0.4, 0.5) is 4.39 Å². The average Bonchev–Trinajstić information content (AvgIpc) is 2.92. The molecule has 3 aromatic rings. The second-order valence-corrected chi connectivity index (χ2v) is 5.19. The second kappa shape index (κ2) is 6.12. The minimum Gasteiger partial charge on any atom is -0.489 e. The van der Waals surface area contributed by atoms with Gasteiger partial charge in [0.1, 0.15) is 18.2 Å². The van der Waals surface area contributed by atoms with Crippen molar-refractivity contribution in [3.8, 4) is 5.75 Å². The molecule has 0 amide bonds. The van der Waals surface area contributed by atoms with Gasteiger partial charge in [-0.2, -0.15) is 0 Å². The molecule has 0 radical (unpaired) electrons. The zero-order valence-electron chi connectivity index (χ0n) is 12.6. The number of benzene rings is 2. The zero-order chi connectivity index (χ0) is 16.4.